The Morgan fingerprint density at radius 1 is 0.271 bits per heavy atom. The minimum atomic E-state index is 0.558. The van der Waals surface area contributed by atoms with Crippen LogP contribution in [0.1, 0.15) is 0 Å². The van der Waals surface area contributed by atoms with E-state index >= 15 is 0 Å². The van der Waals surface area contributed by atoms with Crippen LogP contribution in [0.4, 0.5) is 0 Å². The van der Waals surface area contributed by atoms with Crippen molar-refractivity contribution < 1.29 is 13.3 Å². The van der Waals surface area contributed by atoms with E-state index in [1.807, 2.05) is 72.0 Å². The fourth-order valence-corrected chi connectivity index (χ4v) is 11.7. The Labute approximate surface area is 403 Å². The van der Waals surface area contributed by atoms with Crippen molar-refractivity contribution in [2.24, 2.45) is 0 Å². The fraction of sp³-hybridized carbons (Fsp3) is 0. The van der Waals surface area contributed by atoms with Gasteiger partial charge >= 0.3 is 0 Å². The zero-order valence-electron chi connectivity index (χ0n) is 37.2. The first-order valence-electron chi connectivity index (χ1n) is 23.3. The Balaban J connectivity index is 0.856. The van der Waals surface area contributed by atoms with E-state index < -0.39 is 0 Å². The van der Waals surface area contributed by atoms with E-state index in [9.17, 15) is 0 Å². The van der Waals surface area contributed by atoms with Crippen LogP contribution in [0.3, 0.4) is 0 Å². The second-order valence-corrected chi connectivity index (χ2v) is 18.9. The van der Waals surface area contributed by atoms with Crippen LogP contribution in [-0.4, -0.2) is 15.0 Å². The molecule has 326 valence electrons. The molecule has 0 unspecified atom stereocenters. The molecule has 6 nitrogen and oxygen atoms in total. The van der Waals surface area contributed by atoms with Gasteiger partial charge < -0.3 is 13.3 Å². The number of thiophene rings is 1. The fourth-order valence-electron chi connectivity index (χ4n) is 10.5. The molecule has 0 aliphatic carbocycles. The summed E-state index contributed by atoms with van der Waals surface area (Å²) in [7, 11) is 0. The summed E-state index contributed by atoms with van der Waals surface area (Å²) in [5.74, 6) is 1.72. The lowest BCUT2D eigenvalue weighted by Crippen LogP contribution is -2.00. The maximum Gasteiger partial charge on any atom is 0.164 e. The lowest BCUT2D eigenvalue weighted by atomic mass is 9.95. The van der Waals surface area contributed by atoms with Crippen molar-refractivity contribution in [3.63, 3.8) is 0 Å². The minimum Gasteiger partial charge on any atom is -0.456 e. The van der Waals surface area contributed by atoms with E-state index in [0.717, 1.165) is 116 Å². The molecule has 0 saturated heterocycles. The first-order valence-corrected chi connectivity index (χ1v) is 24.1. The molecule has 10 aromatic carbocycles. The highest BCUT2D eigenvalue weighted by Crippen LogP contribution is 2.45. The van der Waals surface area contributed by atoms with Crippen molar-refractivity contribution in [1.82, 2.24) is 15.0 Å². The number of hydrogen-bond acceptors (Lipinski definition) is 7. The smallest absolute Gasteiger partial charge is 0.164 e. The maximum atomic E-state index is 6.80. The van der Waals surface area contributed by atoms with E-state index in [1.54, 1.807) is 0 Å². The number of nitrogens with zero attached hydrogens (tertiary/aromatic N) is 3. The van der Waals surface area contributed by atoms with Gasteiger partial charge in [-0.15, -0.1) is 11.3 Å². The average Bonchev–Trinajstić information content (AvgIpc) is 4.21. The molecule has 70 heavy (non-hydrogen) atoms. The lowest BCUT2D eigenvalue weighted by Gasteiger charge is -2.10. The Morgan fingerprint density at radius 3 is 1.63 bits per heavy atom. The summed E-state index contributed by atoms with van der Waals surface area (Å²) in [4.78, 5) is 15.5. The summed E-state index contributed by atoms with van der Waals surface area (Å²) in [6.07, 6.45) is 0. The number of hydrogen-bond donors (Lipinski definition) is 0. The predicted octanol–water partition coefficient (Wildman–Crippen LogP) is 17.9. The summed E-state index contributed by atoms with van der Waals surface area (Å²) in [5.41, 5.74) is 14.0. The van der Waals surface area contributed by atoms with Gasteiger partial charge in [-0.1, -0.05) is 170 Å². The molecule has 0 N–H and O–H groups in total. The highest BCUT2D eigenvalue weighted by atomic mass is 32.1. The first-order chi connectivity index (χ1) is 34.7. The zero-order valence-corrected chi connectivity index (χ0v) is 38.0. The third-order valence-corrected chi connectivity index (χ3v) is 14.9. The molecule has 0 radical (unpaired) electrons. The number of rotatable bonds is 6. The Hall–Kier alpha value is -9.17. The number of benzene rings is 10. The van der Waals surface area contributed by atoms with Crippen molar-refractivity contribution in [3.05, 3.63) is 212 Å². The highest BCUT2D eigenvalue weighted by Gasteiger charge is 2.21. The summed E-state index contributed by atoms with van der Waals surface area (Å²) < 4.78 is 22.4. The van der Waals surface area contributed by atoms with Gasteiger partial charge in [0.1, 0.15) is 33.5 Å². The number of para-hydroxylation sites is 3. The van der Waals surface area contributed by atoms with Crippen molar-refractivity contribution in [2.45, 2.75) is 0 Å². The molecular weight excluding hydrogens is 879 g/mol. The van der Waals surface area contributed by atoms with Crippen LogP contribution in [0.2, 0.25) is 0 Å². The van der Waals surface area contributed by atoms with Gasteiger partial charge in [-0.3, -0.25) is 0 Å². The Bertz CT molecular complexity index is 4600. The third-order valence-electron chi connectivity index (χ3n) is 13.8. The molecule has 15 rings (SSSR count). The van der Waals surface area contributed by atoms with Crippen LogP contribution in [0, 0.1) is 0 Å². The zero-order chi connectivity index (χ0) is 45.9. The highest BCUT2D eigenvalue weighted by molar-refractivity contribution is 7.25. The predicted molar refractivity (Wildman–Crippen MR) is 287 cm³/mol. The molecule has 0 aliphatic rings. The Morgan fingerprint density at radius 2 is 0.786 bits per heavy atom. The van der Waals surface area contributed by atoms with E-state index in [-0.39, 0.29) is 0 Å². The first kappa shape index (κ1) is 38.9. The molecule has 5 heterocycles. The average molecular weight is 914 g/mol. The van der Waals surface area contributed by atoms with E-state index in [0.29, 0.717) is 17.5 Å². The van der Waals surface area contributed by atoms with Gasteiger partial charge in [0, 0.05) is 80.3 Å². The van der Waals surface area contributed by atoms with E-state index in [4.69, 9.17) is 28.2 Å². The second-order valence-electron chi connectivity index (χ2n) is 17.8. The molecule has 7 heteroatoms. The molecule has 0 aliphatic heterocycles. The lowest BCUT2D eigenvalue weighted by molar-refractivity contribution is 0.669. The van der Waals surface area contributed by atoms with Crippen LogP contribution in [0.5, 0.6) is 0 Å². The van der Waals surface area contributed by atoms with E-state index in [2.05, 4.69) is 152 Å². The van der Waals surface area contributed by atoms with Gasteiger partial charge in [-0.25, -0.2) is 15.0 Å². The molecule has 0 bridgehead atoms. The van der Waals surface area contributed by atoms with Crippen LogP contribution in [0.25, 0.3) is 154 Å². The topological polar surface area (TPSA) is 78.1 Å². The third kappa shape index (κ3) is 6.02. The van der Waals surface area contributed by atoms with Gasteiger partial charge in [0.15, 0.2) is 17.5 Å². The van der Waals surface area contributed by atoms with Crippen LogP contribution in [0.15, 0.2) is 226 Å². The van der Waals surface area contributed by atoms with Gasteiger partial charge in [-0.2, -0.15) is 0 Å². The summed E-state index contributed by atoms with van der Waals surface area (Å²) in [6, 6.07) is 73.7. The van der Waals surface area contributed by atoms with Gasteiger partial charge in [-0.05, 0) is 64.7 Å². The normalized spacial score (nSPS) is 12.0. The Kier molecular flexibility index (Phi) is 8.43. The van der Waals surface area contributed by atoms with Gasteiger partial charge in [0.25, 0.3) is 0 Å². The minimum absolute atomic E-state index is 0.558. The number of fused-ring (bicyclic) bond motifs is 12. The second kappa shape index (κ2) is 15.2. The molecule has 0 saturated carbocycles. The van der Waals surface area contributed by atoms with Crippen molar-refractivity contribution in [1.29, 1.82) is 0 Å². The number of furan rings is 3. The van der Waals surface area contributed by atoms with Gasteiger partial charge in [0.2, 0.25) is 0 Å². The molecule has 0 fully saturated rings. The van der Waals surface area contributed by atoms with Crippen molar-refractivity contribution >= 4 is 97.3 Å². The standard InChI is InChI=1S/C63H35N3O3S/c1-2-12-37(13-3-1)61-64-62(38-28-26-36(27-29-38)42-17-8-19-47-44-14-4-6-22-51(44)68-59(42)47)66-63(65-61)49-21-11-23-53-58(49)50-34-39(31-33-52(50)67-53)41-16-10-24-54-57(41)48-20-9-18-43(60(48)69-54)40-30-32-46-45-15-5-7-25-55(45)70-56(46)35-40/h1-35H. The van der Waals surface area contributed by atoms with Crippen molar-refractivity contribution in [2.75, 3.05) is 0 Å². The van der Waals surface area contributed by atoms with Gasteiger partial charge in [0.05, 0.1) is 0 Å². The quantitative estimate of drug-likeness (QED) is 0.165. The summed E-state index contributed by atoms with van der Waals surface area (Å²) in [6.45, 7) is 0. The molecule has 0 spiro atoms. The van der Waals surface area contributed by atoms with Crippen LogP contribution < -0.4 is 0 Å². The molecule has 0 atom stereocenters. The SMILES string of the molecule is c1ccc(-c2nc(-c3ccc(-c4cccc5c4oc4ccccc45)cc3)nc(-c3cccc4oc5ccc(-c6cccc7oc8c(-c9ccc%10c(c9)sc9ccccc9%10)cccc8c67)cc5c34)n2)cc1. The summed E-state index contributed by atoms with van der Waals surface area (Å²) in [5, 5.41) is 8.83. The van der Waals surface area contributed by atoms with Crippen LogP contribution >= 0.6 is 11.3 Å². The van der Waals surface area contributed by atoms with Crippen LogP contribution in [-0.2, 0) is 0 Å². The molecule has 15 aromatic rings. The monoisotopic (exact) mass is 913 g/mol. The molecular formula is C63H35N3O3S. The largest absolute Gasteiger partial charge is 0.456 e. The molecule has 5 aromatic heterocycles. The van der Waals surface area contributed by atoms with E-state index in [1.165, 1.54) is 20.2 Å². The maximum absolute atomic E-state index is 6.80. The van der Waals surface area contributed by atoms with Crippen molar-refractivity contribution in [3.8, 4) is 67.5 Å². The number of aromatic nitrogens is 3. The summed E-state index contributed by atoms with van der Waals surface area (Å²) >= 11 is 1.83. The molecule has 0 amide bonds.